The van der Waals surface area contributed by atoms with Crippen LogP contribution in [0.15, 0.2) is 18.2 Å². The largest absolute Gasteiger partial charge is 0.463 e. The first-order valence-electron chi connectivity index (χ1n) is 3.75. The number of aryl methyl sites for hydroxylation is 1. The number of hydrogen-bond acceptors (Lipinski definition) is 2. The van der Waals surface area contributed by atoms with Gasteiger partial charge in [0, 0.05) is 6.07 Å². The first-order chi connectivity index (χ1) is 6.26. The van der Waals surface area contributed by atoms with Crippen LogP contribution in [-0.4, -0.2) is 13.7 Å². The molecule has 0 amide bonds. The van der Waals surface area contributed by atoms with Gasteiger partial charge < -0.3 is 9.47 Å². The summed E-state index contributed by atoms with van der Waals surface area (Å²) in [5.74, 6) is 0.678. The molecule has 0 saturated carbocycles. The maximum Gasteiger partial charge on any atom is 0.228 e. The average Bonchev–Trinajstić information content (AvgIpc) is 2.04. The number of ether oxygens (including phenoxy) is 2. The number of alkyl halides is 2. The van der Waals surface area contributed by atoms with Gasteiger partial charge in [-0.1, -0.05) is 0 Å². The molecule has 0 unspecified atom stereocenters. The van der Waals surface area contributed by atoms with Crippen LogP contribution < -0.4 is 9.47 Å². The van der Waals surface area contributed by atoms with Crippen molar-refractivity contribution in [2.75, 3.05) is 13.7 Å². The Kier molecular flexibility index (Phi) is 3.49. The summed E-state index contributed by atoms with van der Waals surface area (Å²) in [5.41, 5.74) is 0.828. The van der Waals surface area contributed by atoms with Gasteiger partial charge in [0.1, 0.15) is 11.5 Å². The molecule has 0 atom stereocenters. The highest BCUT2D eigenvalue weighted by Gasteiger charge is 1.99. The molecule has 0 aliphatic rings. The van der Waals surface area contributed by atoms with E-state index in [-0.39, 0.29) is 0 Å². The molecule has 1 aromatic rings. The maximum atomic E-state index is 11.8. The Morgan fingerprint density at radius 3 is 1.85 bits per heavy atom. The van der Waals surface area contributed by atoms with Crippen LogP contribution in [0, 0.1) is 6.92 Å². The Labute approximate surface area is 75.1 Å². The third-order valence-electron chi connectivity index (χ3n) is 1.47. The highest BCUT2D eigenvalue weighted by Crippen LogP contribution is 2.22. The van der Waals surface area contributed by atoms with Gasteiger partial charge >= 0.3 is 0 Å². The molecule has 0 aromatic heterocycles. The zero-order valence-corrected chi connectivity index (χ0v) is 7.22. The van der Waals surface area contributed by atoms with Crippen LogP contribution in [0.2, 0.25) is 0 Å². The summed E-state index contributed by atoms with van der Waals surface area (Å²) in [4.78, 5) is 0. The third kappa shape index (κ3) is 2.89. The van der Waals surface area contributed by atoms with Crippen LogP contribution in [0.25, 0.3) is 0 Å². The fraction of sp³-hybridized carbons (Fsp3) is 0.333. The van der Waals surface area contributed by atoms with E-state index in [4.69, 9.17) is 0 Å². The van der Waals surface area contributed by atoms with Gasteiger partial charge in [-0.25, -0.2) is 8.78 Å². The summed E-state index contributed by atoms with van der Waals surface area (Å²) in [6, 6.07) is 4.72. The molecule has 1 rings (SSSR count). The van der Waals surface area contributed by atoms with Crippen molar-refractivity contribution in [2.24, 2.45) is 0 Å². The van der Waals surface area contributed by atoms with Crippen LogP contribution in [0.4, 0.5) is 8.78 Å². The van der Waals surface area contributed by atoms with Gasteiger partial charge in [-0.05, 0) is 24.6 Å². The van der Waals surface area contributed by atoms with Crippen LogP contribution in [0.1, 0.15) is 5.56 Å². The van der Waals surface area contributed by atoms with Gasteiger partial charge in [0.2, 0.25) is 13.7 Å². The van der Waals surface area contributed by atoms with E-state index in [1.165, 1.54) is 6.07 Å². The monoisotopic (exact) mass is 188 g/mol. The molecule has 0 aliphatic carbocycles. The molecule has 72 valence electrons. The van der Waals surface area contributed by atoms with E-state index in [1.54, 1.807) is 19.1 Å². The fourth-order valence-corrected chi connectivity index (χ4v) is 1.01. The van der Waals surface area contributed by atoms with E-state index in [0.29, 0.717) is 11.5 Å². The second kappa shape index (κ2) is 4.64. The van der Waals surface area contributed by atoms with E-state index >= 15 is 0 Å². The summed E-state index contributed by atoms with van der Waals surface area (Å²) >= 11 is 0. The molecule has 4 heteroatoms. The highest BCUT2D eigenvalue weighted by molar-refractivity contribution is 5.37. The van der Waals surface area contributed by atoms with Crippen molar-refractivity contribution in [3.63, 3.8) is 0 Å². The smallest absolute Gasteiger partial charge is 0.228 e. The summed E-state index contributed by atoms with van der Waals surface area (Å²) in [7, 11) is 0. The summed E-state index contributed by atoms with van der Waals surface area (Å²) in [6.45, 7) is -0.0206. The minimum atomic E-state index is -0.904. The molecular weight excluding hydrogens is 178 g/mol. The normalized spacial score (nSPS) is 9.77. The molecule has 2 nitrogen and oxygen atoms in total. The molecule has 1 aromatic carbocycles. The summed E-state index contributed by atoms with van der Waals surface area (Å²) in [5, 5.41) is 0. The fourth-order valence-electron chi connectivity index (χ4n) is 1.01. The Bertz CT molecular complexity index is 252. The van der Waals surface area contributed by atoms with Crippen LogP contribution in [0.5, 0.6) is 11.5 Å². The van der Waals surface area contributed by atoms with Gasteiger partial charge in [-0.15, -0.1) is 0 Å². The van der Waals surface area contributed by atoms with Gasteiger partial charge in [0.25, 0.3) is 0 Å². The number of benzene rings is 1. The van der Waals surface area contributed by atoms with E-state index in [1.807, 2.05) is 0 Å². The maximum absolute atomic E-state index is 11.8. The average molecular weight is 188 g/mol. The van der Waals surface area contributed by atoms with E-state index in [2.05, 4.69) is 9.47 Å². The third-order valence-corrected chi connectivity index (χ3v) is 1.47. The second-order valence-electron chi connectivity index (χ2n) is 2.49. The minimum absolute atomic E-state index is 0.339. The zero-order chi connectivity index (χ0) is 9.68. The van der Waals surface area contributed by atoms with Crippen molar-refractivity contribution < 1.29 is 18.3 Å². The zero-order valence-electron chi connectivity index (χ0n) is 7.22. The highest BCUT2D eigenvalue weighted by atomic mass is 19.1. The summed E-state index contributed by atoms with van der Waals surface area (Å²) < 4.78 is 32.8. The predicted molar refractivity (Wildman–Crippen MR) is 44.4 cm³/mol. The molecule has 0 aliphatic heterocycles. The Morgan fingerprint density at radius 1 is 1.00 bits per heavy atom. The Morgan fingerprint density at radius 2 is 1.46 bits per heavy atom. The molecule has 0 heterocycles. The molecule has 13 heavy (non-hydrogen) atoms. The quantitative estimate of drug-likeness (QED) is 0.723. The first kappa shape index (κ1) is 9.77. The van der Waals surface area contributed by atoms with E-state index in [9.17, 15) is 8.78 Å². The second-order valence-corrected chi connectivity index (χ2v) is 2.49. The topological polar surface area (TPSA) is 18.5 Å². The van der Waals surface area contributed by atoms with Crippen LogP contribution >= 0.6 is 0 Å². The molecule has 0 saturated heterocycles. The lowest BCUT2D eigenvalue weighted by atomic mass is 10.2. The predicted octanol–water partition coefficient (Wildman–Crippen LogP) is 2.61. The van der Waals surface area contributed by atoms with E-state index in [0.717, 1.165) is 5.56 Å². The standard InChI is InChI=1S/C9H10F2O2/c1-7-2-8(12-5-10)4-9(3-7)13-6-11/h2-4H,5-6H2,1H3. The van der Waals surface area contributed by atoms with Crippen molar-refractivity contribution in [2.45, 2.75) is 6.92 Å². The van der Waals surface area contributed by atoms with Crippen molar-refractivity contribution in [1.82, 2.24) is 0 Å². The molecule has 0 bridgehead atoms. The lowest BCUT2D eigenvalue weighted by molar-refractivity contribution is 0.182. The van der Waals surface area contributed by atoms with Gasteiger partial charge in [-0.3, -0.25) is 0 Å². The summed E-state index contributed by atoms with van der Waals surface area (Å²) in [6.07, 6.45) is 0. The molecular formula is C9H10F2O2. The first-order valence-corrected chi connectivity index (χ1v) is 3.75. The molecule has 0 fully saturated rings. The van der Waals surface area contributed by atoms with Crippen LogP contribution in [-0.2, 0) is 0 Å². The lowest BCUT2D eigenvalue weighted by Crippen LogP contribution is -1.94. The van der Waals surface area contributed by atoms with E-state index < -0.39 is 13.7 Å². The van der Waals surface area contributed by atoms with Crippen molar-refractivity contribution >= 4 is 0 Å². The van der Waals surface area contributed by atoms with Gasteiger partial charge in [0.05, 0.1) is 0 Å². The Hall–Kier alpha value is -1.32. The number of rotatable bonds is 4. The van der Waals surface area contributed by atoms with Gasteiger partial charge in [0.15, 0.2) is 0 Å². The van der Waals surface area contributed by atoms with Crippen molar-refractivity contribution in [3.8, 4) is 11.5 Å². The molecule has 0 N–H and O–H groups in total. The SMILES string of the molecule is Cc1cc(OCF)cc(OCF)c1. The van der Waals surface area contributed by atoms with Crippen molar-refractivity contribution in [3.05, 3.63) is 23.8 Å². The minimum Gasteiger partial charge on any atom is -0.463 e. The number of hydrogen-bond donors (Lipinski definition) is 0. The van der Waals surface area contributed by atoms with Crippen LogP contribution in [0.3, 0.4) is 0 Å². The molecule has 0 spiro atoms. The van der Waals surface area contributed by atoms with Crippen molar-refractivity contribution in [1.29, 1.82) is 0 Å². The number of halogens is 2. The lowest BCUT2D eigenvalue weighted by Gasteiger charge is -2.06. The van der Waals surface area contributed by atoms with Gasteiger partial charge in [-0.2, -0.15) is 0 Å². The molecule has 0 radical (unpaired) electrons. The Balaban J connectivity index is 2.83.